The van der Waals surface area contributed by atoms with Crippen molar-refractivity contribution in [2.75, 3.05) is 59.2 Å². The summed E-state index contributed by atoms with van der Waals surface area (Å²) in [4.78, 5) is 18.3. The number of rotatable bonds is 11. The second-order valence-corrected chi connectivity index (χ2v) is 10.3. The quantitative estimate of drug-likeness (QED) is 0.317. The van der Waals surface area contributed by atoms with E-state index in [1.165, 1.54) is 0 Å². The summed E-state index contributed by atoms with van der Waals surface area (Å²) in [6.07, 6.45) is 0.834. The first-order valence-corrected chi connectivity index (χ1v) is 13.5. The monoisotopic (exact) mass is 536 g/mol. The van der Waals surface area contributed by atoms with Gasteiger partial charge in [0.25, 0.3) is 0 Å². The standard InChI is InChI=1S/C29H32N2O6S/c1-30(14-16-34-21-10-12-25-26(18-21)37-19-36-25)13-6-15-35-24-11-9-20(33-3)17-22(24)28-29(32)31(2)23-7-4-5-8-27(23)38-28/h4-5,7-12,17-18,28H,6,13-16,19H2,1-3H3/t28-/m0/s1. The molecule has 0 bridgehead atoms. The zero-order valence-electron chi connectivity index (χ0n) is 21.8. The average Bonchev–Trinajstić information content (AvgIpc) is 3.41. The molecule has 0 saturated heterocycles. The number of methoxy groups -OCH3 is 1. The largest absolute Gasteiger partial charge is 0.497 e. The molecular weight excluding hydrogens is 504 g/mol. The zero-order valence-corrected chi connectivity index (χ0v) is 22.7. The fourth-order valence-electron chi connectivity index (χ4n) is 4.41. The third-order valence-electron chi connectivity index (χ3n) is 6.55. The second-order valence-electron chi connectivity index (χ2n) is 9.14. The van der Waals surface area contributed by atoms with Gasteiger partial charge in [-0.15, -0.1) is 11.8 Å². The fourth-order valence-corrected chi connectivity index (χ4v) is 5.71. The van der Waals surface area contributed by atoms with Gasteiger partial charge in [0, 0.05) is 36.7 Å². The van der Waals surface area contributed by atoms with E-state index in [0.29, 0.717) is 24.7 Å². The highest BCUT2D eigenvalue weighted by Crippen LogP contribution is 2.48. The number of thioether (sulfide) groups is 1. The van der Waals surface area contributed by atoms with Crippen LogP contribution in [0.3, 0.4) is 0 Å². The van der Waals surface area contributed by atoms with Gasteiger partial charge in [0.15, 0.2) is 11.5 Å². The molecule has 0 radical (unpaired) electrons. The highest BCUT2D eigenvalue weighted by molar-refractivity contribution is 8.00. The van der Waals surface area contributed by atoms with Crippen molar-refractivity contribution >= 4 is 23.4 Å². The number of nitrogens with zero attached hydrogens (tertiary/aromatic N) is 2. The van der Waals surface area contributed by atoms with Crippen LogP contribution in [-0.2, 0) is 4.79 Å². The Balaban J connectivity index is 1.14. The Kier molecular flexibility index (Phi) is 8.14. The smallest absolute Gasteiger partial charge is 0.244 e. The van der Waals surface area contributed by atoms with Crippen LogP contribution in [-0.4, -0.2) is 65.1 Å². The summed E-state index contributed by atoms with van der Waals surface area (Å²) in [6.45, 7) is 2.98. The number of likely N-dealkylation sites (N-methyl/N-ethyl adjacent to an activating group) is 2. The minimum absolute atomic E-state index is 0.0222. The van der Waals surface area contributed by atoms with E-state index in [9.17, 15) is 4.79 Å². The summed E-state index contributed by atoms with van der Waals surface area (Å²) in [7, 11) is 5.51. The van der Waals surface area contributed by atoms with E-state index in [4.69, 9.17) is 23.7 Å². The first kappa shape index (κ1) is 26.1. The molecular formula is C29H32N2O6S. The molecule has 0 N–H and O–H groups in total. The SMILES string of the molecule is COc1ccc(OCCCN(C)CCOc2ccc3c(c2)OCO3)c([C@@H]2Sc3ccccc3N(C)C2=O)c1. The molecule has 0 saturated carbocycles. The van der Waals surface area contributed by atoms with Gasteiger partial charge in [0.2, 0.25) is 12.7 Å². The van der Waals surface area contributed by atoms with E-state index < -0.39 is 5.25 Å². The lowest BCUT2D eigenvalue weighted by Gasteiger charge is -2.32. The summed E-state index contributed by atoms with van der Waals surface area (Å²) < 4.78 is 28.3. The van der Waals surface area contributed by atoms with Crippen LogP contribution >= 0.6 is 11.8 Å². The molecule has 1 atom stereocenters. The molecule has 2 aliphatic rings. The van der Waals surface area contributed by atoms with Crippen molar-refractivity contribution in [2.45, 2.75) is 16.6 Å². The number of hydrogen-bond donors (Lipinski definition) is 0. The van der Waals surface area contributed by atoms with Gasteiger partial charge in [0.1, 0.15) is 29.1 Å². The molecule has 0 aromatic heterocycles. The normalized spacial score (nSPS) is 15.9. The summed E-state index contributed by atoms with van der Waals surface area (Å²) in [6, 6.07) is 19.2. The molecule has 1 amide bonds. The summed E-state index contributed by atoms with van der Waals surface area (Å²) in [5.74, 6) is 3.66. The van der Waals surface area contributed by atoms with Crippen LogP contribution in [0, 0.1) is 0 Å². The molecule has 3 aromatic rings. The number of hydrogen-bond acceptors (Lipinski definition) is 8. The average molecular weight is 537 g/mol. The molecule has 0 unspecified atom stereocenters. The third kappa shape index (κ3) is 5.79. The number of fused-ring (bicyclic) bond motifs is 2. The fraction of sp³-hybridized carbons (Fsp3) is 0.345. The minimum Gasteiger partial charge on any atom is -0.497 e. The predicted octanol–water partition coefficient (Wildman–Crippen LogP) is 5.01. The maximum atomic E-state index is 13.3. The number of benzene rings is 3. The molecule has 2 aliphatic heterocycles. The van der Waals surface area contributed by atoms with Crippen molar-refractivity contribution in [1.82, 2.24) is 4.90 Å². The molecule has 0 aliphatic carbocycles. The van der Waals surface area contributed by atoms with Crippen molar-refractivity contribution in [2.24, 2.45) is 0 Å². The van der Waals surface area contributed by atoms with Crippen molar-refractivity contribution in [1.29, 1.82) is 0 Å². The Morgan fingerprint density at radius 1 is 0.974 bits per heavy atom. The number of carbonyl (C=O) groups excluding carboxylic acids is 1. The molecule has 9 heteroatoms. The van der Waals surface area contributed by atoms with Gasteiger partial charge in [-0.05, 0) is 55.9 Å². The highest BCUT2D eigenvalue weighted by Gasteiger charge is 2.34. The lowest BCUT2D eigenvalue weighted by Crippen LogP contribution is -2.33. The van der Waals surface area contributed by atoms with E-state index in [0.717, 1.165) is 52.9 Å². The van der Waals surface area contributed by atoms with E-state index in [1.54, 1.807) is 23.8 Å². The van der Waals surface area contributed by atoms with Gasteiger partial charge in [-0.1, -0.05) is 12.1 Å². The van der Waals surface area contributed by atoms with Crippen LogP contribution in [0.25, 0.3) is 0 Å². The number of para-hydroxylation sites is 1. The first-order chi connectivity index (χ1) is 18.5. The highest BCUT2D eigenvalue weighted by atomic mass is 32.2. The maximum absolute atomic E-state index is 13.3. The maximum Gasteiger partial charge on any atom is 0.244 e. The number of anilines is 1. The molecule has 3 aromatic carbocycles. The summed E-state index contributed by atoms with van der Waals surface area (Å²) in [5, 5.41) is -0.406. The molecule has 5 rings (SSSR count). The van der Waals surface area contributed by atoms with E-state index in [1.807, 2.05) is 67.7 Å². The van der Waals surface area contributed by atoms with Gasteiger partial charge in [-0.25, -0.2) is 0 Å². The molecule has 2 heterocycles. The van der Waals surface area contributed by atoms with Crippen LogP contribution in [0.4, 0.5) is 5.69 Å². The van der Waals surface area contributed by atoms with Crippen molar-refractivity contribution in [3.63, 3.8) is 0 Å². The van der Waals surface area contributed by atoms with Crippen LogP contribution in [0.15, 0.2) is 65.6 Å². The van der Waals surface area contributed by atoms with E-state index >= 15 is 0 Å². The number of amides is 1. The number of ether oxygens (including phenoxy) is 5. The molecule has 8 nitrogen and oxygen atoms in total. The Morgan fingerprint density at radius 2 is 1.79 bits per heavy atom. The molecule has 200 valence electrons. The van der Waals surface area contributed by atoms with E-state index in [-0.39, 0.29) is 12.7 Å². The number of carbonyl (C=O) groups is 1. The topological polar surface area (TPSA) is 69.7 Å². The van der Waals surface area contributed by atoms with Crippen LogP contribution in [0.2, 0.25) is 0 Å². The molecule has 38 heavy (non-hydrogen) atoms. The van der Waals surface area contributed by atoms with Crippen LogP contribution in [0.5, 0.6) is 28.7 Å². The lowest BCUT2D eigenvalue weighted by atomic mass is 10.1. The van der Waals surface area contributed by atoms with E-state index in [2.05, 4.69) is 11.9 Å². The molecule has 0 spiro atoms. The lowest BCUT2D eigenvalue weighted by molar-refractivity contribution is -0.118. The van der Waals surface area contributed by atoms with Gasteiger partial charge in [0.05, 0.1) is 19.4 Å². The van der Waals surface area contributed by atoms with Gasteiger partial charge in [-0.2, -0.15) is 0 Å². The minimum atomic E-state index is -0.406. The van der Waals surface area contributed by atoms with Gasteiger partial charge < -0.3 is 33.5 Å². The predicted molar refractivity (Wildman–Crippen MR) is 147 cm³/mol. The Bertz CT molecular complexity index is 1290. The summed E-state index contributed by atoms with van der Waals surface area (Å²) >= 11 is 1.55. The second kappa shape index (κ2) is 11.9. The molecule has 0 fully saturated rings. The van der Waals surface area contributed by atoms with Crippen LogP contribution in [0.1, 0.15) is 17.2 Å². The van der Waals surface area contributed by atoms with Crippen molar-refractivity contribution in [3.8, 4) is 28.7 Å². The Labute approximate surface area is 227 Å². The Morgan fingerprint density at radius 3 is 2.66 bits per heavy atom. The van der Waals surface area contributed by atoms with Crippen LogP contribution < -0.4 is 28.6 Å². The van der Waals surface area contributed by atoms with Gasteiger partial charge in [-0.3, -0.25) is 4.79 Å². The van der Waals surface area contributed by atoms with Gasteiger partial charge >= 0.3 is 0 Å². The zero-order chi connectivity index (χ0) is 26.5. The first-order valence-electron chi connectivity index (χ1n) is 12.6. The van der Waals surface area contributed by atoms with Crippen molar-refractivity contribution < 1.29 is 28.5 Å². The Hall–Kier alpha value is -3.56. The van der Waals surface area contributed by atoms with Crippen molar-refractivity contribution in [3.05, 3.63) is 66.2 Å². The summed E-state index contributed by atoms with van der Waals surface area (Å²) in [5.41, 5.74) is 1.75. The third-order valence-corrected chi connectivity index (χ3v) is 7.84.